The molecule has 0 aromatic carbocycles. The van der Waals surface area contributed by atoms with Gasteiger partial charge in [0, 0.05) is 54.3 Å². The number of nitrogens with zero attached hydrogens (tertiary/aromatic N) is 1. The molecule has 7 aliphatic rings. The molecule has 3 saturated carbocycles. The van der Waals surface area contributed by atoms with Gasteiger partial charge in [-0.3, -0.25) is 4.90 Å². The molecule has 45 heavy (non-hydrogen) atoms. The molecule has 5 fully saturated rings. The Kier molecular flexibility index (Phi) is 8.58. The van der Waals surface area contributed by atoms with Gasteiger partial charge in [-0.1, -0.05) is 24.3 Å². The summed E-state index contributed by atoms with van der Waals surface area (Å²) in [6.45, 7) is 6.93. The van der Waals surface area contributed by atoms with E-state index in [1.807, 2.05) is 7.05 Å². The number of aliphatic imine (C=N–C) groups is 1. The van der Waals surface area contributed by atoms with Gasteiger partial charge in [0.05, 0.1) is 44.9 Å². The van der Waals surface area contributed by atoms with E-state index in [4.69, 9.17) is 4.74 Å². The molecule has 11 unspecified atom stereocenters. The van der Waals surface area contributed by atoms with Crippen molar-refractivity contribution >= 4 is 11.9 Å². The summed E-state index contributed by atoms with van der Waals surface area (Å²) < 4.78 is 6.67. The molecule has 3 aliphatic heterocycles. The van der Waals surface area contributed by atoms with Gasteiger partial charge in [0.2, 0.25) is 0 Å². The van der Waals surface area contributed by atoms with Crippen molar-refractivity contribution < 1.29 is 29.8 Å². The second-order valence-electron chi connectivity index (χ2n) is 15.3. The van der Waals surface area contributed by atoms with Crippen LogP contribution in [0.4, 0.5) is 0 Å². The lowest BCUT2D eigenvalue weighted by Crippen LogP contribution is -3.19. The van der Waals surface area contributed by atoms with E-state index in [2.05, 4.69) is 39.7 Å². The van der Waals surface area contributed by atoms with Gasteiger partial charge in [-0.15, -0.1) is 0 Å². The van der Waals surface area contributed by atoms with Crippen LogP contribution in [-0.4, -0.2) is 99.4 Å². The van der Waals surface area contributed by atoms with E-state index in [9.17, 15) is 20.1 Å². The molecule has 11 atom stereocenters. The molecule has 6 N–H and O–H groups in total. The molecule has 3 heterocycles. The highest BCUT2D eigenvalue weighted by Gasteiger charge is 2.77. The number of hydrogen-bond acceptors (Lipinski definition) is 8. The van der Waals surface area contributed by atoms with E-state index in [0.29, 0.717) is 37.9 Å². The van der Waals surface area contributed by atoms with Gasteiger partial charge >= 0.3 is 0 Å². The number of carboxylic acid groups (broad SMARTS) is 1. The van der Waals surface area contributed by atoms with Crippen LogP contribution in [-0.2, 0) is 9.53 Å². The van der Waals surface area contributed by atoms with Crippen molar-refractivity contribution in [3.8, 4) is 11.8 Å². The van der Waals surface area contributed by atoms with Crippen LogP contribution in [0.15, 0.2) is 16.1 Å². The third-order valence-electron chi connectivity index (χ3n) is 13.5. The molecule has 4 aliphatic carbocycles. The Hall–Kier alpha value is -2.00. The Bertz CT molecular complexity index is 1290. The van der Waals surface area contributed by atoms with Gasteiger partial charge < -0.3 is 40.8 Å². The second kappa shape index (κ2) is 12.2. The number of aliphatic hydroxyl groups is 2. The van der Waals surface area contributed by atoms with Crippen molar-refractivity contribution in [1.29, 1.82) is 0 Å². The Balaban J connectivity index is 1.31. The molecule has 248 valence electrons. The van der Waals surface area contributed by atoms with Gasteiger partial charge in [-0.05, 0) is 82.2 Å². The minimum absolute atomic E-state index is 0.000620. The normalized spacial score (nSPS) is 46.1. The molecule has 5 bridgehead atoms. The topological polar surface area (TPSA) is 143 Å². The van der Waals surface area contributed by atoms with E-state index in [-0.39, 0.29) is 54.0 Å². The summed E-state index contributed by atoms with van der Waals surface area (Å²) >= 11 is 0. The van der Waals surface area contributed by atoms with Crippen LogP contribution in [0, 0.1) is 52.3 Å². The molecule has 10 heteroatoms. The first kappa shape index (κ1) is 31.6. The summed E-state index contributed by atoms with van der Waals surface area (Å²) in [5.74, 6) is 7.80. The van der Waals surface area contributed by atoms with Gasteiger partial charge in [0.1, 0.15) is 5.60 Å². The lowest BCUT2D eigenvalue weighted by molar-refractivity contribution is -0.830. The summed E-state index contributed by atoms with van der Waals surface area (Å²) in [7, 11) is 1.83. The lowest BCUT2D eigenvalue weighted by atomic mass is 9.43. The molecule has 2 spiro atoms. The molecule has 2 saturated heterocycles. The summed E-state index contributed by atoms with van der Waals surface area (Å²) in [5, 5.41) is 46.2. The number of carbonyl (C=O) groups is 1. The molecule has 0 aromatic rings. The zero-order chi connectivity index (χ0) is 31.4. The molecule has 0 aromatic heterocycles. The van der Waals surface area contributed by atoms with Crippen molar-refractivity contribution in [3.63, 3.8) is 0 Å². The van der Waals surface area contributed by atoms with E-state index >= 15 is 0 Å². The first-order valence-electron chi connectivity index (χ1n) is 17.7. The zero-order valence-corrected chi connectivity index (χ0v) is 27.1. The third-order valence-corrected chi connectivity index (χ3v) is 13.5. The Morgan fingerprint density at radius 2 is 2.13 bits per heavy atom. The SMILES string of the molecule is CN=C1NCC#CC2CC(C)C34CC(O)(COC5CCCC6NCCCC65)C(C(=O)[O-])=C3CC2C42C[NH+]1CCC2CNCCO. The van der Waals surface area contributed by atoms with Crippen molar-refractivity contribution in [2.75, 3.05) is 59.5 Å². The molecule has 10 nitrogen and oxygen atoms in total. The monoisotopic (exact) mass is 623 g/mol. The Morgan fingerprint density at radius 1 is 1.27 bits per heavy atom. The average Bonchev–Trinajstić information content (AvgIpc) is 3.41. The quantitative estimate of drug-likeness (QED) is 0.147. The van der Waals surface area contributed by atoms with Crippen LogP contribution in [0.2, 0.25) is 0 Å². The number of piperidine rings is 2. The minimum Gasteiger partial charge on any atom is -0.545 e. The predicted octanol–water partition coefficient (Wildman–Crippen LogP) is -1.17. The number of aliphatic carboxylic acids is 1. The number of carboxylic acids is 1. The fraction of sp³-hybridized carbons (Fsp3) is 0.829. The fourth-order valence-corrected chi connectivity index (χ4v) is 12.0. The average molecular weight is 624 g/mol. The number of allylic oxidation sites excluding steroid dienone is 1. The minimum atomic E-state index is -1.61. The smallest absolute Gasteiger partial charge is 0.296 e. The number of hydrogen-bond donors (Lipinski definition) is 6. The maximum Gasteiger partial charge on any atom is 0.296 e. The number of nitrogens with one attached hydrogen (secondary N) is 4. The molecule has 7 rings (SSSR count). The number of guanidine groups is 1. The van der Waals surface area contributed by atoms with E-state index in [0.717, 1.165) is 82.7 Å². The van der Waals surface area contributed by atoms with Gasteiger partial charge in [0.15, 0.2) is 0 Å². The fourth-order valence-electron chi connectivity index (χ4n) is 12.0. The first-order valence-corrected chi connectivity index (χ1v) is 17.7. The third kappa shape index (κ3) is 4.83. The predicted molar refractivity (Wildman–Crippen MR) is 168 cm³/mol. The van der Waals surface area contributed by atoms with Crippen LogP contribution >= 0.6 is 0 Å². The molecule has 0 amide bonds. The lowest BCUT2D eigenvalue weighted by Gasteiger charge is -2.62. The maximum atomic E-state index is 13.2. The molecule has 0 radical (unpaired) electrons. The highest BCUT2D eigenvalue weighted by atomic mass is 16.5. The van der Waals surface area contributed by atoms with E-state index in [1.165, 1.54) is 4.90 Å². The number of rotatable bonds is 8. The van der Waals surface area contributed by atoms with Gasteiger partial charge in [-0.25, -0.2) is 4.99 Å². The largest absolute Gasteiger partial charge is 0.545 e. The Labute approximate surface area is 267 Å². The number of ether oxygens (including phenoxy) is 1. The zero-order valence-electron chi connectivity index (χ0n) is 27.1. The summed E-state index contributed by atoms with van der Waals surface area (Å²) in [5.41, 5.74) is -1.41. The number of aliphatic hydroxyl groups excluding tert-OH is 1. The van der Waals surface area contributed by atoms with E-state index < -0.39 is 17.0 Å². The summed E-state index contributed by atoms with van der Waals surface area (Å²) in [6.07, 6.45) is 8.25. The highest BCUT2D eigenvalue weighted by molar-refractivity contribution is 5.90. The van der Waals surface area contributed by atoms with Crippen LogP contribution in [0.25, 0.3) is 0 Å². The first-order chi connectivity index (χ1) is 21.8. The number of carbonyl (C=O) groups excluding carboxylic acids is 1. The van der Waals surface area contributed by atoms with Crippen LogP contribution < -0.4 is 26.0 Å². The number of quaternary nitrogens is 1. The van der Waals surface area contributed by atoms with Crippen LogP contribution in [0.3, 0.4) is 0 Å². The molecular weight excluding hydrogens is 570 g/mol. The summed E-state index contributed by atoms with van der Waals surface area (Å²) in [4.78, 5) is 19.2. The highest BCUT2D eigenvalue weighted by Crippen LogP contribution is 2.77. The van der Waals surface area contributed by atoms with Crippen molar-refractivity contribution in [1.82, 2.24) is 16.0 Å². The van der Waals surface area contributed by atoms with Crippen LogP contribution in [0.5, 0.6) is 0 Å². The van der Waals surface area contributed by atoms with E-state index in [1.54, 1.807) is 0 Å². The maximum absolute atomic E-state index is 13.2. The Morgan fingerprint density at radius 3 is 2.93 bits per heavy atom. The van der Waals surface area contributed by atoms with Crippen molar-refractivity contribution in [2.45, 2.75) is 82.5 Å². The van der Waals surface area contributed by atoms with Gasteiger partial charge in [0.25, 0.3) is 5.96 Å². The van der Waals surface area contributed by atoms with Gasteiger partial charge in [-0.2, -0.15) is 0 Å². The van der Waals surface area contributed by atoms with Crippen molar-refractivity contribution in [3.05, 3.63) is 11.1 Å². The van der Waals surface area contributed by atoms with Crippen molar-refractivity contribution in [2.24, 2.45) is 45.4 Å². The summed E-state index contributed by atoms with van der Waals surface area (Å²) in [6, 6.07) is 0.443. The number of fused-ring (bicyclic) bond motifs is 2. The second-order valence-corrected chi connectivity index (χ2v) is 15.3. The standard InChI is InChI=1S/C35H53N5O5/c1-22-16-23-6-4-12-39-32(36-2)40-14-10-24(18-37-13-15-41)35(20-40)26(23)17-27-30(31(42)43)33(44,19-34(22,27)35)21-45-29-9-3-8-28-25(29)7-5-11-38-28/h22-26,28-29,37-38,41,44H,3,5,7-21H2,1-2H3,(H,36,39)(H,42,43). The molecular formula is C35H53N5O5. The van der Waals surface area contributed by atoms with Crippen LogP contribution in [0.1, 0.15) is 64.7 Å².